The maximum atomic E-state index is 12.2. The van der Waals surface area contributed by atoms with E-state index in [2.05, 4.69) is 13.7 Å². The zero-order chi connectivity index (χ0) is 16.8. The van der Waals surface area contributed by atoms with Gasteiger partial charge < -0.3 is 9.47 Å². The van der Waals surface area contributed by atoms with Crippen LogP contribution in [0.4, 0.5) is 17.6 Å². The van der Waals surface area contributed by atoms with Crippen LogP contribution < -0.4 is 9.47 Å². The second-order valence-corrected chi connectivity index (χ2v) is 5.16. The molecule has 0 unspecified atom stereocenters. The first-order valence-corrected chi connectivity index (χ1v) is 7.32. The molecule has 0 bridgehead atoms. The van der Waals surface area contributed by atoms with Gasteiger partial charge in [0, 0.05) is 0 Å². The highest BCUT2D eigenvalue weighted by Crippen LogP contribution is 2.31. The van der Waals surface area contributed by atoms with Crippen molar-refractivity contribution in [3.63, 3.8) is 0 Å². The van der Waals surface area contributed by atoms with Crippen molar-refractivity contribution >= 4 is 16.2 Å². The van der Waals surface area contributed by atoms with E-state index in [0.717, 1.165) is 18.2 Å². The Morgan fingerprint density at radius 2 is 1.68 bits per heavy atom. The van der Waals surface area contributed by atoms with Gasteiger partial charge in [-0.25, -0.2) is 0 Å². The highest BCUT2D eigenvalue weighted by Gasteiger charge is 2.15. The van der Waals surface area contributed by atoms with Crippen LogP contribution in [0.3, 0.4) is 0 Å². The van der Waals surface area contributed by atoms with Crippen LogP contribution in [0.2, 0.25) is 0 Å². The van der Waals surface area contributed by atoms with Crippen LogP contribution in [-0.2, 0) is 14.3 Å². The molecule has 5 nitrogen and oxygen atoms in total. The molecule has 0 aliphatic heterocycles. The minimum Gasteiger partial charge on any atom is -0.431 e. The van der Waals surface area contributed by atoms with Gasteiger partial charge in [0.1, 0.15) is 0 Å². The van der Waals surface area contributed by atoms with Gasteiger partial charge in [-0.3, -0.25) is 4.18 Å². The summed E-state index contributed by atoms with van der Waals surface area (Å²) in [4.78, 5) is 0. The van der Waals surface area contributed by atoms with E-state index in [9.17, 15) is 26.0 Å². The Balaban J connectivity index is 3.05. The molecule has 10 heteroatoms. The van der Waals surface area contributed by atoms with Gasteiger partial charge in [-0.15, -0.1) is 0 Å². The Labute approximate surface area is 124 Å². The Hall–Kier alpha value is -1.81. The van der Waals surface area contributed by atoms with Crippen molar-refractivity contribution < 1.29 is 39.6 Å². The molecule has 1 rings (SSSR count). The van der Waals surface area contributed by atoms with Crippen molar-refractivity contribution in [3.8, 4) is 11.5 Å². The molecule has 0 N–H and O–H groups in total. The molecule has 0 aromatic heterocycles. The van der Waals surface area contributed by atoms with Crippen molar-refractivity contribution in [3.05, 3.63) is 29.2 Å². The molecule has 0 aliphatic rings. The SMILES string of the molecule is CCOS(=O)(=O)/C=C/c1ccc(OC(F)F)c(OC(F)F)c1. The third kappa shape index (κ3) is 6.31. The summed E-state index contributed by atoms with van der Waals surface area (Å²) in [6.45, 7) is -5.09. The summed E-state index contributed by atoms with van der Waals surface area (Å²) in [5.41, 5.74) is 0.112. The van der Waals surface area contributed by atoms with Crippen LogP contribution in [0, 0.1) is 0 Å². The van der Waals surface area contributed by atoms with Gasteiger partial charge in [-0.2, -0.15) is 26.0 Å². The second-order valence-electron chi connectivity index (χ2n) is 3.67. The first-order chi connectivity index (χ1) is 10.2. The van der Waals surface area contributed by atoms with Crippen LogP contribution in [-0.4, -0.2) is 28.2 Å². The first-order valence-electron chi connectivity index (χ1n) is 5.84. The first kappa shape index (κ1) is 18.2. The summed E-state index contributed by atoms with van der Waals surface area (Å²) in [6, 6.07) is 3.08. The Kier molecular flexibility index (Phi) is 6.62. The van der Waals surface area contributed by atoms with Gasteiger partial charge in [0.2, 0.25) is 0 Å². The topological polar surface area (TPSA) is 61.8 Å². The summed E-state index contributed by atoms with van der Waals surface area (Å²) < 4.78 is 83.9. The average Bonchev–Trinajstić information content (AvgIpc) is 2.38. The number of rotatable bonds is 8. The molecule has 0 atom stereocenters. The van der Waals surface area contributed by atoms with E-state index in [0.29, 0.717) is 5.41 Å². The molecule has 1 aromatic rings. The third-order valence-corrected chi connectivity index (χ3v) is 3.14. The quantitative estimate of drug-likeness (QED) is 0.535. The van der Waals surface area contributed by atoms with Crippen molar-refractivity contribution in [2.24, 2.45) is 0 Å². The predicted octanol–water partition coefficient (Wildman–Crippen LogP) is 3.23. The fourth-order valence-electron chi connectivity index (χ4n) is 1.38. The summed E-state index contributed by atoms with van der Waals surface area (Å²) in [7, 11) is -3.92. The third-order valence-electron chi connectivity index (χ3n) is 2.11. The zero-order valence-corrected chi connectivity index (χ0v) is 12.0. The molecule has 0 saturated heterocycles. The van der Waals surface area contributed by atoms with E-state index in [1.165, 1.54) is 13.0 Å². The summed E-state index contributed by atoms with van der Waals surface area (Å²) in [5, 5.41) is 0.700. The molecule has 0 radical (unpaired) electrons. The molecule has 124 valence electrons. The van der Waals surface area contributed by atoms with E-state index in [1.807, 2.05) is 0 Å². The lowest BCUT2D eigenvalue weighted by Crippen LogP contribution is -2.07. The van der Waals surface area contributed by atoms with Crippen molar-refractivity contribution in [2.45, 2.75) is 20.1 Å². The monoisotopic (exact) mass is 344 g/mol. The summed E-state index contributed by atoms with van der Waals surface area (Å²) in [6.07, 6.45) is 1.04. The highest BCUT2D eigenvalue weighted by atomic mass is 32.2. The number of benzene rings is 1. The van der Waals surface area contributed by atoms with Crippen LogP contribution in [0.1, 0.15) is 12.5 Å². The van der Waals surface area contributed by atoms with Gasteiger partial charge >= 0.3 is 13.2 Å². The zero-order valence-electron chi connectivity index (χ0n) is 11.2. The van der Waals surface area contributed by atoms with Gasteiger partial charge in [0.15, 0.2) is 11.5 Å². The number of alkyl halides is 4. The van der Waals surface area contributed by atoms with E-state index in [4.69, 9.17) is 0 Å². The largest absolute Gasteiger partial charge is 0.431 e. The highest BCUT2D eigenvalue weighted by molar-refractivity contribution is 7.89. The predicted molar refractivity (Wildman–Crippen MR) is 69.3 cm³/mol. The molecule has 1 aromatic carbocycles. The van der Waals surface area contributed by atoms with Gasteiger partial charge in [-0.1, -0.05) is 6.07 Å². The number of ether oxygens (including phenoxy) is 2. The molecular formula is C12H12F4O5S. The fourth-order valence-corrected chi connectivity index (χ4v) is 2.11. The van der Waals surface area contributed by atoms with Crippen molar-refractivity contribution in [1.82, 2.24) is 0 Å². The van der Waals surface area contributed by atoms with E-state index in [-0.39, 0.29) is 12.2 Å². The van der Waals surface area contributed by atoms with E-state index < -0.39 is 34.8 Å². The van der Waals surface area contributed by atoms with Crippen LogP contribution in [0.25, 0.3) is 6.08 Å². The van der Waals surface area contributed by atoms with Crippen LogP contribution in [0.5, 0.6) is 11.5 Å². The van der Waals surface area contributed by atoms with Gasteiger partial charge in [-0.05, 0) is 30.7 Å². The lowest BCUT2D eigenvalue weighted by molar-refractivity contribution is -0.0692. The molecule has 0 aliphatic carbocycles. The minimum atomic E-state index is -3.92. The molecular weight excluding hydrogens is 332 g/mol. The maximum Gasteiger partial charge on any atom is 0.387 e. The van der Waals surface area contributed by atoms with E-state index >= 15 is 0 Å². The second kappa shape index (κ2) is 7.99. The fraction of sp³-hybridized carbons (Fsp3) is 0.333. The smallest absolute Gasteiger partial charge is 0.387 e. The number of hydrogen-bond donors (Lipinski definition) is 0. The summed E-state index contributed by atoms with van der Waals surface area (Å²) in [5.74, 6) is -1.24. The van der Waals surface area contributed by atoms with Gasteiger partial charge in [0.25, 0.3) is 10.1 Å². The maximum absolute atomic E-state index is 12.2. The lowest BCUT2D eigenvalue weighted by atomic mass is 10.2. The van der Waals surface area contributed by atoms with Crippen LogP contribution >= 0.6 is 0 Å². The molecule has 0 saturated carbocycles. The Morgan fingerprint density at radius 1 is 1.09 bits per heavy atom. The molecule has 0 spiro atoms. The minimum absolute atomic E-state index is 0.0758. The van der Waals surface area contributed by atoms with Crippen LogP contribution in [0.15, 0.2) is 23.6 Å². The molecule has 22 heavy (non-hydrogen) atoms. The molecule has 0 fully saturated rings. The normalized spacial score (nSPS) is 12.3. The molecule has 0 amide bonds. The van der Waals surface area contributed by atoms with Crippen molar-refractivity contribution in [2.75, 3.05) is 6.61 Å². The average molecular weight is 344 g/mol. The Bertz CT molecular complexity index is 616. The number of hydrogen-bond acceptors (Lipinski definition) is 5. The van der Waals surface area contributed by atoms with Crippen molar-refractivity contribution in [1.29, 1.82) is 0 Å². The number of halogens is 4. The summed E-state index contributed by atoms with van der Waals surface area (Å²) >= 11 is 0. The van der Waals surface area contributed by atoms with E-state index in [1.54, 1.807) is 0 Å². The molecule has 0 heterocycles. The van der Waals surface area contributed by atoms with Gasteiger partial charge in [0.05, 0.1) is 12.0 Å². The Morgan fingerprint density at radius 3 is 2.23 bits per heavy atom. The standard InChI is InChI=1S/C12H12F4O5S/c1-2-19-22(17,18)6-5-8-3-4-9(20-11(13)14)10(7-8)21-12(15)16/h3-7,11-12H,2H2,1H3/b6-5+. The lowest BCUT2D eigenvalue weighted by Gasteiger charge is -2.12.